The Morgan fingerprint density at radius 2 is 1.90 bits per heavy atom. The van der Waals surface area contributed by atoms with E-state index in [2.05, 4.69) is 25.1 Å². The van der Waals surface area contributed by atoms with E-state index in [0.717, 1.165) is 5.75 Å². The van der Waals surface area contributed by atoms with Crippen LogP contribution in [0.15, 0.2) is 18.2 Å². The summed E-state index contributed by atoms with van der Waals surface area (Å²) >= 11 is 0. The Morgan fingerprint density at radius 3 is 2.45 bits per heavy atom. The Bertz CT molecular complexity index is 470. The lowest BCUT2D eigenvalue weighted by molar-refractivity contribution is 0.386. The minimum atomic E-state index is 0.245. The average Bonchev–Trinajstić information content (AvgIpc) is 3.29. The molecule has 0 aromatic heterocycles. The van der Waals surface area contributed by atoms with Gasteiger partial charge in [0.2, 0.25) is 0 Å². The quantitative estimate of drug-likeness (QED) is 0.895. The Labute approximate surface area is 122 Å². The molecule has 1 unspecified atom stereocenters. The van der Waals surface area contributed by atoms with Crippen LogP contribution in [0.1, 0.15) is 68.9 Å². The molecule has 0 amide bonds. The largest absolute Gasteiger partial charge is 0.496 e. The zero-order chi connectivity index (χ0) is 14.2. The summed E-state index contributed by atoms with van der Waals surface area (Å²) in [5.74, 6) is 1.75. The second-order valence-corrected chi connectivity index (χ2v) is 6.74. The summed E-state index contributed by atoms with van der Waals surface area (Å²) in [6.07, 6.45) is 9.20. The summed E-state index contributed by atoms with van der Waals surface area (Å²) < 4.78 is 5.62. The minimum absolute atomic E-state index is 0.245. The van der Waals surface area contributed by atoms with Crippen LogP contribution in [0.2, 0.25) is 0 Å². The van der Waals surface area contributed by atoms with Gasteiger partial charge in [0.1, 0.15) is 5.75 Å². The van der Waals surface area contributed by atoms with Crippen molar-refractivity contribution in [3.05, 3.63) is 29.3 Å². The van der Waals surface area contributed by atoms with E-state index in [0.29, 0.717) is 5.92 Å². The molecule has 2 nitrogen and oxygen atoms in total. The number of nitrogens with two attached hydrogens (primary N) is 1. The van der Waals surface area contributed by atoms with Crippen molar-refractivity contribution >= 4 is 0 Å². The lowest BCUT2D eigenvalue weighted by Gasteiger charge is -2.27. The first-order valence-electron chi connectivity index (χ1n) is 8.11. The maximum absolute atomic E-state index is 6.23. The van der Waals surface area contributed by atoms with Crippen LogP contribution in [0.5, 0.6) is 5.75 Å². The molecule has 0 radical (unpaired) electrons. The van der Waals surface area contributed by atoms with Crippen molar-refractivity contribution in [1.29, 1.82) is 0 Å². The highest BCUT2D eigenvalue weighted by Gasteiger charge is 2.47. The number of hydrogen-bond donors (Lipinski definition) is 1. The molecule has 0 bridgehead atoms. The number of rotatable bonds is 4. The fraction of sp³-hybridized carbons (Fsp3) is 0.667. The van der Waals surface area contributed by atoms with Gasteiger partial charge < -0.3 is 10.5 Å². The lowest BCUT2D eigenvalue weighted by Crippen LogP contribution is -2.31. The van der Waals surface area contributed by atoms with Crippen LogP contribution in [0.4, 0.5) is 0 Å². The predicted molar refractivity (Wildman–Crippen MR) is 83.4 cm³/mol. The van der Waals surface area contributed by atoms with Crippen molar-refractivity contribution < 1.29 is 4.74 Å². The third-order valence-corrected chi connectivity index (χ3v) is 5.51. The molecule has 3 rings (SSSR count). The first kappa shape index (κ1) is 13.9. The molecule has 20 heavy (non-hydrogen) atoms. The number of ether oxygens (including phenoxy) is 1. The van der Waals surface area contributed by atoms with Gasteiger partial charge in [0.05, 0.1) is 7.11 Å². The molecule has 0 spiro atoms. The van der Waals surface area contributed by atoms with Gasteiger partial charge in [-0.15, -0.1) is 0 Å². The van der Waals surface area contributed by atoms with Gasteiger partial charge in [-0.3, -0.25) is 0 Å². The Balaban J connectivity index is 1.94. The Kier molecular flexibility index (Phi) is 3.76. The summed E-state index contributed by atoms with van der Waals surface area (Å²) in [4.78, 5) is 0. The maximum Gasteiger partial charge on any atom is 0.122 e. The van der Waals surface area contributed by atoms with Gasteiger partial charge in [0.15, 0.2) is 0 Å². The molecule has 2 heteroatoms. The highest BCUT2D eigenvalue weighted by Crippen LogP contribution is 2.51. The normalized spacial score (nSPS) is 23.4. The molecule has 0 aliphatic heterocycles. The van der Waals surface area contributed by atoms with Gasteiger partial charge >= 0.3 is 0 Å². The molecule has 1 aromatic carbocycles. The topological polar surface area (TPSA) is 35.2 Å². The highest BCUT2D eigenvalue weighted by atomic mass is 16.5. The summed E-state index contributed by atoms with van der Waals surface area (Å²) in [5, 5.41) is 0. The van der Waals surface area contributed by atoms with Crippen molar-refractivity contribution in [2.24, 2.45) is 5.73 Å². The molecular weight excluding hydrogens is 246 g/mol. The van der Waals surface area contributed by atoms with Gasteiger partial charge in [-0.25, -0.2) is 0 Å². The summed E-state index contributed by atoms with van der Waals surface area (Å²) in [5.41, 5.74) is 9.34. The molecule has 2 aliphatic rings. The molecular formula is C18H27NO. The van der Waals surface area contributed by atoms with Crippen molar-refractivity contribution in [3.63, 3.8) is 0 Å². The lowest BCUT2D eigenvalue weighted by atomic mass is 9.80. The fourth-order valence-electron chi connectivity index (χ4n) is 3.92. The Morgan fingerprint density at radius 1 is 1.20 bits per heavy atom. The number of methoxy groups -OCH3 is 1. The summed E-state index contributed by atoms with van der Waals surface area (Å²) in [6, 6.07) is 7.06. The third kappa shape index (κ3) is 2.35. The zero-order valence-electron chi connectivity index (χ0n) is 12.8. The van der Waals surface area contributed by atoms with Crippen LogP contribution >= 0.6 is 0 Å². The molecule has 2 aliphatic carbocycles. The van der Waals surface area contributed by atoms with Crippen LogP contribution in [-0.2, 0) is 5.41 Å². The fourth-order valence-corrected chi connectivity index (χ4v) is 3.92. The van der Waals surface area contributed by atoms with Crippen LogP contribution < -0.4 is 10.5 Å². The van der Waals surface area contributed by atoms with Crippen LogP contribution in [0.25, 0.3) is 0 Å². The smallest absolute Gasteiger partial charge is 0.122 e. The van der Waals surface area contributed by atoms with Crippen molar-refractivity contribution in [2.75, 3.05) is 7.11 Å². The van der Waals surface area contributed by atoms with E-state index < -0.39 is 0 Å². The first-order chi connectivity index (χ1) is 9.67. The van der Waals surface area contributed by atoms with Gasteiger partial charge in [-0.05, 0) is 55.7 Å². The second-order valence-electron chi connectivity index (χ2n) is 6.74. The zero-order valence-corrected chi connectivity index (χ0v) is 12.8. The van der Waals surface area contributed by atoms with Gasteiger partial charge in [0, 0.05) is 11.5 Å². The molecule has 0 heterocycles. The van der Waals surface area contributed by atoms with Crippen LogP contribution in [0.3, 0.4) is 0 Å². The third-order valence-electron chi connectivity index (χ3n) is 5.51. The van der Waals surface area contributed by atoms with E-state index in [9.17, 15) is 0 Å². The highest BCUT2D eigenvalue weighted by molar-refractivity contribution is 5.45. The van der Waals surface area contributed by atoms with E-state index in [4.69, 9.17) is 10.5 Å². The molecule has 2 N–H and O–H groups in total. The monoisotopic (exact) mass is 273 g/mol. The van der Waals surface area contributed by atoms with Gasteiger partial charge in [0.25, 0.3) is 0 Å². The molecule has 1 atom stereocenters. The van der Waals surface area contributed by atoms with Gasteiger partial charge in [-0.2, -0.15) is 0 Å². The standard InChI is InChI=1S/C18H27NO/c1-13(19)18(10-11-18)15-8-9-17(20-2)16(12-15)14-6-4-3-5-7-14/h8-9,12-14H,3-7,10-11,19H2,1-2H3. The second kappa shape index (κ2) is 5.40. The van der Waals surface area contributed by atoms with E-state index in [1.165, 1.54) is 56.1 Å². The summed E-state index contributed by atoms with van der Waals surface area (Å²) in [7, 11) is 1.79. The number of benzene rings is 1. The average molecular weight is 273 g/mol. The molecule has 0 saturated heterocycles. The van der Waals surface area contributed by atoms with E-state index in [-0.39, 0.29) is 11.5 Å². The predicted octanol–water partition coefficient (Wildman–Crippen LogP) is 4.12. The molecule has 2 saturated carbocycles. The van der Waals surface area contributed by atoms with Crippen LogP contribution in [-0.4, -0.2) is 13.2 Å². The molecule has 1 aromatic rings. The van der Waals surface area contributed by atoms with Crippen LogP contribution in [0, 0.1) is 0 Å². The number of hydrogen-bond acceptors (Lipinski definition) is 2. The van der Waals surface area contributed by atoms with Crippen molar-refractivity contribution in [3.8, 4) is 5.75 Å². The molecule has 2 fully saturated rings. The Hall–Kier alpha value is -1.02. The van der Waals surface area contributed by atoms with E-state index in [1.807, 2.05) is 0 Å². The van der Waals surface area contributed by atoms with E-state index >= 15 is 0 Å². The SMILES string of the molecule is COc1ccc(C2(C(C)N)CC2)cc1C1CCCCC1. The van der Waals surface area contributed by atoms with Crippen molar-refractivity contribution in [2.45, 2.75) is 69.2 Å². The van der Waals surface area contributed by atoms with Gasteiger partial charge in [-0.1, -0.05) is 31.4 Å². The molecule has 110 valence electrons. The first-order valence-corrected chi connectivity index (χ1v) is 8.11. The summed E-state index contributed by atoms with van der Waals surface area (Å²) in [6.45, 7) is 2.15. The van der Waals surface area contributed by atoms with Crippen molar-refractivity contribution in [1.82, 2.24) is 0 Å². The van der Waals surface area contributed by atoms with E-state index in [1.54, 1.807) is 7.11 Å². The maximum atomic E-state index is 6.23. The minimum Gasteiger partial charge on any atom is -0.496 e.